The second-order valence-corrected chi connectivity index (χ2v) is 16.6. The third kappa shape index (κ3) is 5.90. The van der Waals surface area contributed by atoms with Crippen molar-refractivity contribution in [1.29, 1.82) is 0 Å². The summed E-state index contributed by atoms with van der Waals surface area (Å²) in [5, 5.41) is 5.41. The van der Waals surface area contributed by atoms with E-state index in [2.05, 4.69) is 177 Å². The van der Waals surface area contributed by atoms with Gasteiger partial charge in [-0.2, -0.15) is 0 Å². The van der Waals surface area contributed by atoms with Gasteiger partial charge in [0.1, 0.15) is 0 Å². The van der Waals surface area contributed by atoms with Gasteiger partial charge in [0.15, 0.2) is 0 Å². The molecule has 1 nitrogen and oxygen atoms in total. The lowest BCUT2D eigenvalue weighted by Crippen LogP contribution is -2.14. The molecule has 52 heavy (non-hydrogen) atoms. The van der Waals surface area contributed by atoms with Crippen LogP contribution in [0.4, 0.5) is 17.1 Å². The van der Waals surface area contributed by atoms with Gasteiger partial charge in [-0.15, -0.1) is 11.3 Å². The highest BCUT2D eigenvalue weighted by atomic mass is 32.1. The minimum Gasteiger partial charge on any atom is -0.310 e. The van der Waals surface area contributed by atoms with Crippen molar-refractivity contribution in [2.45, 2.75) is 64.2 Å². The third-order valence-electron chi connectivity index (χ3n) is 11.2. The van der Waals surface area contributed by atoms with E-state index in [0.717, 1.165) is 11.4 Å². The van der Waals surface area contributed by atoms with Crippen LogP contribution in [-0.4, -0.2) is 0 Å². The SMILES string of the molecule is CC(C)(C)c1ccc(N(c2ccc(-c3cccc4c3sc3ccccc34)cc2)c2ccccc2-c2cccc3cccc(C4CCCCC4)c23)cc1. The summed E-state index contributed by atoms with van der Waals surface area (Å²) in [5.41, 5.74) is 11.5. The number of thiophene rings is 1. The maximum atomic E-state index is 2.47. The molecule has 0 bridgehead atoms. The number of nitrogens with zero attached hydrogens (tertiary/aromatic N) is 1. The van der Waals surface area contributed by atoms with Gasteiger partial charge < -0.3 is 4.90 Å². The van der Waals surface area contributed by atoms with Crippen molar-refractivity contribution in [1.82, 2.24) is 0 Å². The number of anilines is 3. The molecule has 1 saturated carbocycles. The molecular weight excluding hydrogens is 647 g/mol. The lowest BCUT2D eigenvalue weighted by atomic mass is 9.80. The van der Waals surface area contributed by atoms with Crippen LogP contribution in [-0.2, 0) is 5.41 Å². The highest BCUT2D eigenvalue weighted by Crippen LogP contribution is 2.47. The normalized spacial score (nSPS) is 14.0. The summed E-state index contributed by atoms with van der Waals surface area (Å²) in [6.45, 7) is 6.86. The highest BCUT2D eigenvalue weighted by Gasteiger charge is 2.23. The first-order chi connectivity index (χ1) is 25.4. The van der Waals surface area contributed by atoms with E-state index in [4.69, 9.17) is 0 Å². The molecule has 2 heteroatoms. The number of hydrogen-bond donors (Lipinski definition) is 0. The van der Waals surface area contributed by atoms with Gasteiger partial charge in [0.2, 0.25) is 0 Å². The van der Waals surface area contributed by atoms with Gasteiger partial charge in [-0.25, -0.2) is 0 Å². The fourth-order valence-electron chi connectivity index (χ4n) is 8.55. The molecule has 0 aliphatic heterocycles. The number of hydrogen-bond acceptors (Lipinski definition) is 2. The minimum absolute atomic E-state index is 0.0784. The molecule has 7 aromatic carbocycles. The molecule has 0 atom stereocenters. The molecule has 1 aromatic heterocycles. The molecule has 256 valence electrons. The Morgan fingerprint density at radius 1 is 0.538 bits per heavy atom. The van der Waals surface area contributed by atoms with Crippen LogP contribution in [0.2, 0.25) is 0 Å². The van der Waals surface area contributed by atoms with E-state index in [-0.39, 0.29) is 5.41 Å². The molecule has 0 saturated heterocycles. The van der Waals surface area contributed by atoms with E-state index >= 15 is 0 Å². The molecule has 0 radical (unpaired) electrons. The van der Waals surface area contributed by atoms with Crippen LogP contribution in [0.3, 0.4) is 0 Å². The molecule has 8 aromatic rings. The Labute approximate surface area is 312 Å². The molecular formula is C50H45NS. The van der Waals surface area contributed by atoms with Gasteiger partial charge in [-0.05, 0) is 99.2 Å². The lowest BCUT2D eigenvalue weighted by molar-refractivity contribution is 0.445. The number of fused-ring (bicyclic) bond motifs is 4. The smallest absolute Gasteiger partial charge is 0.0540 e. The summed E-state index contributed by atoms with van der Waals surface area (Å²) >= 11 is 1.89. The Morgan fingerprint density at radius 3 is 1.92 bits per heavy atom. The molecule has 0 amide bonds. The highest BCUT2D eigenvalue weighted by molar-refractivity contribution is 7.26. The van der Waals surface area contributed by atoms with E-state index < -0.39 is 0 Å². The summed E-state index contributed by atoms with van der Waals surface area (Å²) in [4.78, 5) is 2.47. The lowest BCUT2D eigenvalue weighted by Gasteiger charge is -2.30. The van der Waals surface area contributed by atoms with Gasteiger partial charge in [-0.3, -0.25) is 0 Å². The average molecular weight is 692 g/mol. The first kappa shape index (κ1) is 32.7. The van der Waals surface area contributed by atoms with Crippen molar-refractivity contribution in [2.75, 3.05) is 4.90 Å². The molecule has 1 heterocycles. The van der Waals surface area contributed by atoms with Crippen LogP contribution in [0.15, 0.2) is 152 Å². The van der Waals surface area contributed by atoms with E-state index in [1.165, 1.54) is 102 Å². The molecule has 1 aliphatic rings. The van der Waals surface area contributed by atoms with E-state index in [9.17, 15) is 0 Å². The molecule has 0 spiro atoms. The van der Waals surface area contributed by atoms with Gasteiger partial charge >= 0.3 is 0 Å². The maximum Gasteiger partial charge on any atom is 0.0540 e. The van der Waals surface area contributed by atoms with Crippen LogP contribution < -0.4 is 4.90 Å². The zero-order valence-corrected chi connectivity index (χ0v) is 31.2. The zero-order valence-electron chi connectivity index (χ0n) is 30.4. The van der Waals surface area contributed by atoms with Crippen molar-refractivity contribution >= 4 is 59.3 Å². The second-order valence-electron chi connectivity index (χ2n) is 15.6. The topological polar surface area (TPSA) is 3.24 Å². The van der Waals surface area contributed by atoms with E-state index in [1.807, 2.05) is 11.3 Å². The minimum atomic E-state index is 0.0784. The molecule has 0 unspecified atom stereocenters. The Hall–Kier alpha value is -5.18. The summed E-state index contributed by atoms with van der Waals surface area (Å²) < 4.78 is 2.68. The Balaban J connectivity index is 1.20. The number of para-hydroxylation sites is 1. The quantitative estimate of drug-likeness (QED) is 0.168. The Kier molecular flexibility index (Phi) is 8.44. The third-order valence-corrected chi connectivity index (χ3v) is 12.5. The van der Waals surface area contributed by atoms with Gasteiger partial charge in [-0.1, -0.05) is 155 Å². The predicted octanol–water partition coefficient (Wildman–Crippen LogP) is 15.4. The molecule has 0 N–H and O–H groups in total. The molecule has 1 fully saturated rings. The summed E-state index contributed by atoms with van der Waals surface area (Å²) in [6.07, 6.45) is 6.57. The van der Waals surface area contributed by atoms with Crippen LogP contribution >= 0.6 is 11.3 Å². The Bertz CT molecular complexity index is 2520. The zero-order chi connectivity index (χ0) is 35.2. The average Bonchev–Trinajstić information content (AvgIpc) is 3.57. The summed E-state index contributed by atoms with van der Waals surface area (Å²) in [6, 6.07) is 56.9. The van der Waals surface area contributed by atoms with E-state index in [0.29, 0.717) is 5.92 Å². The second kappa shape index (κ2) is 13.4. The number of rotatable bonds is 6. The van der Waals surface area contributed by atoms with Crippen molar-refractivity contribution in [3.63, 3.8) is 0 Å². The van der Waals surface area contributed by atoms with Crippen molar-refractivity contribution in [2.24, 2.45) is 0 Å². The van der Waals surface area contributed by atoms with Crippen molar-refractivity contribution in [3.8, 4) is 22.3 Å². The largest absolute Gasteiger partial charge is 0.310 e. The first-order valence-corrected chi connectivity index (χ1v) is 19.8. The predicted molar refractivity (Wildman–Crippen MR) is 227 cm³/mol. The van der Waals surface area contributed by atoms with Crippen molar-refractivity contribution in [3.05, 3.63) is 163 Å². The standard InChI is InChI=1S/C50H45NS/c1-50(2,3)37-28-32-39(33-29-37)51(38-30-26-35(27-31-38)41-21-13-23-45-43-19-8-10-25-47(43)52-49(41)45)46-24-9-7-18-42(46)44-22-12-17-36-16-11-20-40(48(36)44)34-14-5-4-6-15-34/h7-13,16-34H,4-6,14-15H2,1-3H3. The fraction of sp³-hybridized carbons (Fsp3) is 0.200. The monoisotopic (exact) mass is 691 g/mol. The number of benzene rings is 7. The van der Waals surface area contributed by atoms with Gasteiger partial charge in [0, 0.05) is 37.1 Å². The van der Waals surface area contributed by atoms with Crippen molar-refractivity contribution < 1.29 is 0 Å². The first-order valence-electron chi connectivity index (χ1n) is 19.0. The summed E-state index contributed by atoms with van der Waals surface area (Å²) in [7, 11) is 0. The van der Waals surface area contributed by atoms with Crippen LogP contribution in [0, 0.1) is 0 Å². The Morgan fingerprint density at radius 2 is 1.15 bits per heavy atom. The van der Waals surface area contributed by atoms with E-state index in [1.54, 1.807) is 0 Å². The molecule has 9 rings (SSSR count). The van der Waals surface area contributed by atoms with Crippen LogP contribution in [0.25, 0.3) is 53.2 Å². The van der Waals surface area contributed by atoms with Gasteiger partial charge in [0.05, 0.1) is 5.69 Å². The summed E-state index contributed by atoms with van der Waals surface area (Å²) in [5.74, 6) is 0.616. The molecule has 1 aliphatic carbocycles. The van der Waals surface area contributed by atoms with Gasteiger partial charge in [0.25, 0.3) is 0 Å². The van der Waals surface area contributed by atoms with Crippen LogP contribution in [0.1, 0.15) is 69.9 Å². The fourth-order valence-corrected chi connectivity index (χ4v) is 9.79. The van der Waals surface area contributed by atoms with Crippen LogP contribution in [0.5, 0.6) is 0 Å². The maximum absolute atomic E-state index is 2.47.